The highest BCUT2D eigenvalue weighted by molar-refractivity contribution is 5.94. The summed E-state index contributed by atoms with van der Waals surface area (Å²) in [5, 5.41) is 13.8. The maximum Gasteiger partial charge on any atom is 0.271 e. The average Bonchev–Trinajstić information content (AvgIpc) is 3.58. The Bertz CT molecular complexity index is 1930. The smallest absolute Gasteiger partial charge is 0.271 e. The molecule has 4 aliphatic rings. The maximum absolute atomic E-state index is 13.5. The van der Waals surface area contributed by atoms with E-state index >= 15 is 0 Å². The molecule has 4 aromatic rings. The summed E-state index contributed by atoms with van der Waals surface area (Å²) in [5.41, 5.74) is 7.25. The van der Waals surface area contributed by atoms with Crippen molar-refractivity contribution in [1.29, 1.82) is 0 Å². The van der Waals surface area contributed by atoms with E-state index in [1.165, 1.54) is 46.2 Å². The zero-order chi connectivity index (χ0) is 35.2. The number of likely N-dealkylation sites (N-methyl/N-ethyl adjacent to an activating group) is 1. The number of hydrogen-bond acceptors (Lipinski definition) is 10. The number of aromatic nitrogens is 4. The Labute approximate surface area is 298 Å². The summed E-state index contributed by atoms with van der Waals surface area (Å²) < 4.78 is 21.4. The van der Waals surface area contributed by atoms with Gasteiger partial charge in [-0.25, -0.2) is 18.9 Å². The number of ether oxygens (including phenoxy) is 1. The van der Waals surface area contributed by atoms with E-state index in [0.717, 1.165) is 45.6 Å². The van der Waals surface area contributed by atoms with E-state index in [0.29, 0.717) is 47.0 Å². The normalized spacial score (nSPS) is 22.7. The van der Waals surface area contributed by atoms with Gasteiger partial charge in [-0.2, -0.15) is 0 Å². The predicted molar refractivity (Wildman–Crippen MR) is 198 cm³/mol. The summed E-state index contributed by atoms with van der Waals surface area (Å²) in [6.45, 7) is 11.8. The molecule has 1 saturated carbocycles. The van der Waals surface area contributed by atoms with Crippen molar-refractivity contribution in [2.45, 2.75) is 63.3 Å². The molecule has 3 atom stereocenters. The van der Waals surface area contributed by atoms with Gasteiger partial charge >= 0.3 is 0 Å². The van der Waals surface area contributed by atoms with E-state index in [1.807, 2.05) is 18.2 Å². The van der Waals surface area contributed by atoms with Gasteiger partial charge in [-0.3, -0.25) is 4.79 Å². The van der Waals surface area contributed by atoms with Crippen molar-refractivity contribution in [1.82, 2.24) is 29.8 Å². The molecule has 0 bridgehead atoms. The second-order valence-electron chi connectivity index (χ2n) is 14.4. The number of amides is 1. The largest absolute Gasteiger partial charge is 0.473 e. The average molecular weight is 695 g/mol. The molecule has 1 aromatic carbocycles. The lowest BCUT2D eigenvalue weighted by Crippen LogP contribution is -2.43. The monoisotopic (exact) mass is 694 g/mol. The van der Waals surface area contributed by atoms with Gasteiger partial charge in [-0.05, 0) is 61.4 Å². The van der Waals surface area contributed by atoms with Gasteiger partial charge in [0.25, 0.3) is 5.91 Å². The third-order valence-corrected chi connectivity index (χ3v) is 11.1. The summed E-state index contributed by atoms with van der Waals surface area (Å²) in [5.74, 6) is 1.67. The van der Waals surface area contributed by atoms with Crippen LogP contribution in [0.25, 0.3) is 5.65 Å². The Balaban J connectivity index is 0.851. The van der Waals surface area contributed by atoms with E-state index in [9.17, 15) is 9.18 Å². The first-order valence-corrected chi connectivity index (χ1v) is 18.2. The van der Waals surface area contributed by atoms with Crippen molar-refractivity contribution in [3.63, 3.8) is 0 Å². The number of benzene rings is 1. The number of likely N-dealkylation sites (tertiary alicyclic amines) is 1. The van der Waals surface area contributed by atoms with Crippen LogP contribution in [0, 0.1) is 5.92 Å². The fourth-order valence-corrected chi connectivity index (χ4v) is 7.76. The third-order valence-electron chi connectivity index (χ3n) is 11.1. The topological polar surface area (TPSA) is 115 Å². The van der Waals surface area contributed by atoms with Gasteiger partial charge in [0.1, 0.15) is 18.0 Å². The standard InChI is InChI=1S/C38H47FN10O2/c1-23-24(2)46(4)33-18-26(7-8-28(23)33)48-16-9-25(10-17-48)22-47-14-11-27(12-15-47)51-38-30(6-5-13-41-38)43-35-20-32(40-3)36-42-21-34(49(36)45-35)37(50)44-31-19-29(31)39/h5-8,13,18,20-21,23,25,27,29,31,40H,2,9-12,14-17,19,22H2,1,3-4H3,(H,43,45)(H,44,50). The minimum Gasteiger partial charge on any atom is -0.473 e. The number of anilines is 5. The molecule has 1 amide bonds. The van der Waals surface area contributed by atoms with Crippen molar-refractivity contribution < 1.29 is 13.9 Å². The fourth-order valence-electron chi connectivity index (χ4n) is 7.76. The SMILES string of the molecule is C=C1C(C)c2ccc(N3CCC(CN4CCC(Oc5ncccc5Nc5cc(NC)c6ncc(C(=O)NC7CC7F)n6n5)CC4)CC3)cc2N1C. The van der Waals surface area contributed by atoms with Crippen LogP contribution in [0.4, 0.5) is 33.0 Å². The molecule has 13 heteroatoms. The first kappa shape index (κ1) is 33.2. The Morgan fingerprint density at radius 3 is 2.59 bits per heavy atom. The number of nitrogens with one attached hydrogen (secondary N) is 3. The Hall–Kier alpha value is -4.91. The van der Waals surface area contributed by atoms with Crippen LogP contribution in [0.2, 0.25) is 0 Å². The molecule has 3 fully saturated rings. The van der Waals surface area contributed by atoms with Crippen molar-refractivity contribution in [3.05, 3.63) is 72.3 Å². The Morgan fingerprint density at radius 1 is 1.06 bits per heavy atom. The molecule has 0 radical (unpaired) electrons. The zero-order valence-corrected chi connectivity index (χ0v) is 29.6. The Kier molecular flexibility index (Phi) is 8.91. The van der Waals surface area contributed by atoms with Gasteiger partial charge in [-0.1, -0.05) is 19.6 Å². The lowest BCUT2D eigenvalue weighted by atomic mass is 9.94. The summed E-state index contributed by atoms with van der Waals surface area (Å²) >= 11 is 0. The number of halogens is 1. The number of hydrogen-bond donors (Lipinski definition) is 3. The molecule has 0 spiro atoms. The van der Waals surface area contributed by atoms with Crippen LogP contribution in [-0.2, 0) is 0 Å². The predicted octanol–water partition coefficient (Wildman–Crippen LogP) is 5.58. The quantitative estimate of drug-likeness (QED) is 0.195. The van der Waals surface area contributed by atoms with E-state index in [4.69, 9.17) is 4.74 Å². The number of allylic oxidation sites excluding steroid dienone is 1. The first-order valence-electron chi connectivity index (χ1n) is 18.2. The molecule has 8 rings (SSSR count). The first-order chi connectivity index (χ1) is 24.7. The molecule has 2 saturated heterocycles. The van der Waals surface area contributed by atoms with Crippen LogP contribution >= 0.6 is 0 Å². The number of pyridine rings is 1. The number of carbonyl (C=O) groups is 1. The van der Waals surface area contributed by atoms with Gasteiger partial charge in [0.2, 0.25) is 5.88 Å². The second-order valence-corrected chi connectivity index (χ2v) is 14.4. The summed E-state index contributed by atoms with van der Waals surface area (Å²) in [7, 11) is 3.91. The Morgan fingerprint density at radius 2 is 1.84 bits per heavy atom. The molecule has 3 aromatic heterocycles. The van der Waals surface area contributed by atoms with Crippen LogP contribution in [0.15, 0.2) is 61.1 Å². The van der Waals surface area contributed by atoms with Gasteiger partial charge in [-0.15, -0.1) is 5.10 Å². The molecule has 3 unspecified atom stereocenters. The van der Waals surface area contributed by atoms with Crippen molar-refractivity contribution in [3.8, 4) is 5.88 Å². The molecule has 3 aliphatic heterocycles. The number of carbonyl (C=O) groups excluding carboxylic acids is 1. The molecule has 6 heterocycles. The maximum atomic E-state index is 13.5. The van der Waals surface area contributed by atoms with Crippen molar-refractivity contribution >= 4 is 40.1 Å². The molecular weight excluding hydrogens is 647 g/mol. The number of imidazole rings is 1. The number of fused-ring (bicyclic) bond motifs is 2. The van der Waals surface area contributed by atoms with Gasteiger partial charge in [0.15, 0.2) is 17.2 Å². The summed E-state index contributed by atoms with van der Waals surface area (Å²) in [4.78, 5) is 29.2. The van der Waals surface area contributed by atoms with Crippen LogP contribution in [0.5, 0.6) is 5.88 Å². The fraction of sp³-hybridized carbons (Fsp3) is 0.474. The highest BCUT2D eigenvalue weighted by Crippen LogP contribution is 2.43. The number of alkyl halides is 1. The molecule has 12 nitrogen and oxygen atoms in total. The summed E-state index contributed by atoms with van der Waals surface area (Å²) in [6.07, 6.45) is 6.85. The van der Waals surface area contributed by atoms with Crippen LogP contribution < -0.4 is 30.5 Å². The number of nitrogens with zero attached hydrogens (tertiary/aromatic N) is 7. The molecule has 1 aliphatic carbocycles. The summed E-state index contributed by atoms with van der Waals surface area (Å²) in [6, 6.07) is 12.1. The van der Waals surface area contributed by atoms with Crippen LogP contribution in [-0.4, -0.2) is 95.5 Å². The lowest BCUT2D eigenvalue weighted by Gasteiger charge is -2.38. The molecular formula is C38H47FN10O2. The highest BCUT2D eigenvalue weighted by Gasteiger charge is 2.39. The van der Waals surface area contributed by atoms with Crippen molar-refractivity contribution in [2.75, 3.05) is 67.3 Å². The van der Waals surface area contributed by atoms with Crippen molar-refractivity contribution in [2.24, 2.45) is 5.92 Å². The van der Waals surface area contributed by atoms with Gasteiger partial charge in [0, 0.05) is 88.5 Å². The molecule has 3 N–H and O–H groups in total. The zero-order valence-electron chi connectivity index (χ0n) is 29.6. The second kappa shape index (κ2) is 13.7. The van der Waals surface area contributed by atoms with E-state index < -0.39 is 18.1 Å². The third kappa shape index (κ3) is 6.66. The van der Waals surface area contributed by atoms with E-state index in [1.54, 1.807) is 13.2 Å². The molecule has 51 heavy (non-hydrogen) atoms. The van der Waals surface area contributed by atoms with E-state index in [-0.39, 0.29) is 11.8 Å². The van der Waals surface area contributed by atoms with Crippen LogP contribution in [0.3, 0.4) is 0 Å². The molecule has 268 valence electrons. The van der Waals surface area contributed by atoms with Gasteiger partial charge in [0.05, 0.1) is 17.9 Å². The highest BCUT2D eigenvalue weighted by atomic mass is 19.1. The van der Waals surface area contributed by atoms with E-state index in [2.05, 4.69) is 84.5 Å². The van der Waals surface area contributed by atoms with Gasteiger partial charge < -0.3 is 35.4 Å². The van der Waals surface area contributed by atoms with Crippen LogP contribution in [0.1, 0.15) is 61.0 Å². The minimum atomic E-state index is -0.999. The minimum absolute atomic E-state index is 0.0595. The number of rotatable bonds is 10. The number of piperidine rings is 2. The lowest BCUT2D eigenvalue weighted by molar-refractivity contribution is 0.0856.